The van der Waals surface area contributed by atoms with Crippen LogP contribution >= 0.6 is 11.3 Å². The van der Waals surface area contributed by atoms with E-state index in [0.717, 1.165) is 34.4 Å². The van der Waals surface area contributed by atoms with Gasteiger partial charge in [0.2, 0.25) is 0 Å². The highest BCUT2D eigenvalue weighted by molar-refractivity contribution is 7.22. The second-order valence-electron chi connectivity index (χ2n) is 10.4. The van der Waals surface area contributed by atoms with Crippen LogP contribution in [0.4, 0.5) is 5.13 Å². The van der Waals surface area contributed by atoms with Gasteiger partial charge in [0.15, 0.2) is 10.8 Å². The maximum Gasteiger partial charge on any atom is 0.257 e. The minimum Gasteiger partial charge on any atom is -0.340 e. The zero-order valence-electron chi connectivity index (χ0n) is 22.0. The van der Waals surface area contributed by atoms with Gasteiger partial charge in [-0.05, 0) is 58.2 Å². The van der Waals surface area contributed by atoms with Gasteiger partial charge in [0.05, 0.1) is 16.3 Å². The number of hydrogen-bond donors (Lipinski definition) is 2. The molecule has 2 N–H and O–H groups in total. The summed E-state index contributed by atoms with van der Waals surface area (Å²) < 4.78 is 2.72. The van der Waals surface area contributed by atoms with Crippen molar-refractivity contribution < 1.29 is 9.59 Å². The topological polar surface area (TPSA) is 88.4 Å². The molecule has 1 atom stereocenters. The molecule has 0 saturated heterocycles. The van der Waals surface area contributed by atoms with E-state index in [0.29, 0.717) is 21.9 Å². The Morgan fingerprint density at radius 1 is 1.03 bits per heavy atom. The van der Waals surface area contributed by atoms with Gasteiger partial charge in [-0.15, -0.1) is 0 Å². The molecule has 5 rings (SSSR count). The summed E-state index contributed by atoms with van der Waals surface area (Å²) in [5, 5.41) is 6.60. The van der Waals surface area contributed by atoms with E-state index in [1.165, 1.54) is 11.3 Å². The predicted octanol–water partition coefficient (Wildman–Crippen LogP) is 6.63. The maximum absolute atomic E-state index is 13.8. The number of aryl methyl sites for hydroxylation is 1. The average Bonchev–Trinajstić information content (AvgIpc) is 3.47. The van der Waals surface area contributed by atoms with Gasteiger partial charge in [-0.25, -0.2) is 4.98 Å². The molecule has 0 bridgehead atoms. The molecule has 7 nitrogen and oxygen atoms in total. The van der Waals surface area contributed by atoms with Crippen molar-refractivity contribution in [2.45, 2.75) is 52.1 Å². The van der Waals surface area contributed by atoms with Gasteiger partial charge in [-0.2, -0.15) is 0 Å². The third-order valence-corrected chi connectivity index (χ3v) is 7.49. The molecule has 1 aliphatic heterocycles. The van der Waals surface area contributed by atoms with E-state index in [2.05, 4.69) is 36.4 Å². The van der Waals surface area contributed by atoms with E-state index in [1.807, 2.05) is 66.2 Å². The number of thiazole rings is 1. The van der Waals surface area contributed by atoms with Crippen molar-refractivity contribution in [3.05, 3.63) is 95.3 Å². The molecule has 0 saturated carbocycles. The number of hydrogen-bond acceptors (Lipinski definition) is 5. The smallest absolute Gasteiger partial charge is 0.257 e. The minimum atomic E-state index is -0.338. The van der Waals surface area contributed by atoms with Crippen LogP contribution in [0.1, 0.15) is 71.5 Å². The van der Waals surface area contributed by atoms with E-state index >= 15 is 0 Å². The number of carbonyl (C=O) groups is 2. The lowest BCUT2D eigenvalue weighted by Gasteiger charge is -2.23. The van der Waals surface area contributed by atoms with Gasteiger partial charge >= 0.3 is 0 Å². The Morgan fingerprint density at radius 3 is 2.42 bits per heavy atom. The lowest BCUT2D eigenvalue weighted by Crippen LogP contribution is -2.34. The van der Waals surface area contributed by atoms with Gasteiger partial charge < -0.3 is 9.88 Å². The Balaban J connectivity index is 1.49. The summed E-state index contributed by atoms with van der Waals surface area (Å²) in [5.74, 6) is -0.439. The lowest BCUT2D eigenvalue weighted by molar-refractivity contribution is 0.0947. The Morgan fingerprint density at radius 2 is 1.76 bits per heavy atom. The van der Waals surface area contributed by atoms with Crippen LogP contribution in [0.25, 0.3) is 10.3 Å². The molecule has 1 unspecified atom stereocenters. The molecule has 1 aliphatic rings. The predicted molar refractivity (Wildman–Crippen MR) is 154 cm³/mol. The Labute approximate surface area is 226 Å². The SMILES string of the molecule is Cc1ccc(C(=O)Nc2nc3c(s2)c(C(=O)NC(C2=NC=CCC2)c2ccccc2)cn3C(C)(C)C)cc1. The highest BCUT2D eigenvalue weighted by Gasteiger charge is 2.28. The molecule has 0 fully saturated rings. The molecule has 4 aromatic rings. The van der Waals surface area contributed by atoms with Crippen LogP contribution in [0.5, 0.6) is 0 Å². The van der Waals surface area contributed by atoms with Crippen molar-refractivity contribution in [1.29, 1.82) is 0 Å². The van der Waals surface area contributed by atoms with E-state index in [-0.39, 0.29) is 23.4 Å². The van der Waals surface area contributed by atoms with Crippen molar-refractivity contribution >= 4 is 44.3 Å². The summed E-state index contributed by atoms with van der Waals surface area (Å²) >= 11 is 1.31. The van der Waals surface area contributed by atoms with Crippen molar-refractivity contribution in [3.8, 4) is 0 Å². The number of aliphatic imine (C=N–C) groups is 1. The maximum atomic E-state index is 13.8. The normalized spacial score (nSPS) is 14.3. The third kappa shape index (κ3) is 5.31. The number of aromatic nitrogens is 2. The molecule has 0 spiro atoms. The van der Waals surface area contributed by atoms with Crippen molar-refractivity contribution in [1.82, 2.24) is 14.9 Å². The van der Waals surface area contributed by atoms with Crippen LogP contribution in [-0.2, 0) is 5.54 Å². The second kappa shape index (κ2) is 10.4. The molecule has 2 amide bonds. The number of carbonyl (C=O) groups excluding carboxylic acids is 2. The first-order valence-corrected chi connectivity index (χ1v) is 13.5. The summed E-state index contributed by atoms with van der Waals surface area (Å²) in [7, 11) is 0. The number of allylic oxidation sites excluding steroid dienone is 1. The highest BCUT2D eigenvalue weighted by atomic mass is 32.1. The van der Waals surface area contributed by atoms with Gasteiger partial charge in [-0.1, -0.05) is 65.4 Å². The first-order chi connectivity index (χ1) is 18.2. The third-order valence-electron chi connectivity index (χ3n) is 6.50. The summed E-state index contributed by atoms with van der Waals surface area (Å²) in [6.07, 6.45) is 7.37. The first kappa shape index (κ1) is 25.6. The summed E-state index contributed by atoms with van der Waals surface area (Å²) in [5.41, 5.74) is 4.42. The Kier molecular flexibility index (Phi) is 6.99. The molecule has 2 aromatic heterocycles. The zero-order chi connectivity index (χ0) is 26.9. The molecule has 3 heterocycles. The Bertz CT molecular complexity index is 1540. The first-order valence-electron chi connectivity index (χ1n) is 12.7. The number of benzene rings is 2. The molecular weight excluding hydrogens is 494 g/mol. The number of nitrogens with zero attached hydrogens (tertiary/aromatic N) is 3. The molecule has 0 radical (unpaired) electrons. The lowest BCUT2D eigenvalue weighted by atomic mass is 9.97. The fraction of sp³-hybridized carbons (Fsp3) is 0.267. The van der Waals surface area contributed by atoms with Crippen LogP contribution in [0, 0.1) is 6.92 Å². The van der Waals surface area contributed by atoms with E-state index < -0.39 is 0 Å². The van der Waals surface area contributed by atoms with Crippen LogP contribution in [0.15, 0.2) is 78.1 Å². The fourth-order valence-electron chi connectivity index (χ4n) is 4.45. The van der Waals surface area contributed by atoms with Crippen molar-refractivity contribution in [2.75, 3.05) is 5.32 Å². The van der Waals surface area contributed by atoms with Crippen LogP contribution < -0.4 is 10.6 Å². The number of nitrogens with one attached hydrogen (secondary N) is 2. The summed E-state index contributed by atoms with van der Waals surface area (Å²) in [4.78, 5) is 36.0. The summed E-state index contributed by atoms with van der Waals surface area (Å²) in [6, 6.07) is 17.0. The van der Waals surface area contributed by atoms with Crippen molar-refractivity contribution in [2.24, 2.45) is 4.99 Å². The van der Waals surface area contributed by atoms with E-state index in [9.17, 15) is 9.59 Å². The van der Waals surface area contributed by atoms with Crippen LogP contribution in [0.3, 0.4) is 0 Å². The fourth-order valence-corrected chi connectivity index (χ4v) is 5.41. The average molecular weight is 526 g/mol. The molecule has 194 valence electrons. The monoisotopic (exact) mass is 525 g/mol. The minimum absolute atomic E-state index is 0.204. The molecule has 8 heteroatoms. The van der Waals surface area contributed by atoms with Crippen LogP contribution in [-0.4, -0.2) is 27.1 Å². The van der Waals surface area contributed by atoms with E-state index in [1.54, 1.807) is 18.3 Å². The summed E-state index contributed by atoms with van der Waals surface area (Å²) in [6.45, 7) is 8.17. The quantitative estimate of drug-likeness (QED) is 0.296. The van der Waals surface area contributed by atoms with Gasteiger partial charge in [0.25, 0.3) is 11.8 Å². The standard InChI is InChI=1S/C30H31N5O2S/c1-19-13-15-21(16-14-19)27(36)34-29-33-26-25(38-29)22(18-35(26)30(2,3)4)28(37)32-24(20-10-6-5-7-11-20)23-12-8-9-17-31-23/h5-7,9-11,13-18,24H,8,12H2,1-4H3,(H,32,37)(H,33,34,36). The van der Waals surface area contributed by atoms with Gasteiger partial charge in [-0.3, -0.25) is 19.9 Å². The molecule has 0 aliphatic carbocycles. The highest BCUT2D eigenvalue weighted by Crippen LogP contribution is 2.35. The number of amides is 2. The number of fused-ring (bicyclic) bond motifs is 1. The van der Waals surface area contributed by atoms with Gasteiger partial charge in [0.1, 0.15) is 0 Å². The second-order valence-corrected chi connectivity index (χ2v) is 11.4. The zero-order valence-corrected chi connectivity index (χ0v) is 22.8. The van der Waals surface area contributed by atoms with Crippen LogP contribution in [0.2, 0.25) is 0 Å². The van der Waals surface area contributed by atoms with Crippen molar-refractivity contribution in [3.63, 3.8) is 0 Å². The number of anilines is 1. The van der Waals surface area contributed by atoms with E-state index in [4.69, 9.17) is 4.98 Å². The number of rotatable bonds is 6. The molecular formula is C30H31N5O2S. The largest absolute Gasteiger partial charge is 0.340 e. The molecule has 2 aromatic carbocycles. The molecule has 38 heavy (non-hydrogen) atoms. The van der Waals surface area contributed by atoms with Gasteiger partial charge in [0, 0.05) is 29.2 Å². The Hall–Kier alpha value is -4.04.